The van der Waals surface area contributed by atoms with Crippen LogP contribution < -0.4 is 9.47 Å². The first-order valence-electron chi connectivity index (χ1n) is 5.92. The van der Waals surface area contributed by atoms with Gasteiger partial charge in [0.05, 0.1) is 22.6 Å². The Kier molecular flexibility index (Phi) is 4.99. The molecule has 2 aromatic carbocycles. The van der Waals surface area contributed by atoms with E-state index in [9.17, 15) is 14.9 Å². The van der Waals surface area contributed by atoms with Gasteiger partial charge >= 0.3 is 11.7 Å². The second-order valence-electron chi connectivity index (χ2n) is 4.11. The second kappa shape index (κ2) is 6.76. The van der Waals surface area contributed by atoms with E-state index in [1.165, 1.54) is 25.3 Å². The smallest absolute Gasteiger partial charge is 0.343 e. The average molecular weight is 387 g/mol. The molecule has 0 aliphatic rings. The van der Waals surface area contributed by atoms with E-state index in [1.54, 1.807) is 12.1 Å². The molecule has 0 saturated heterocycles. The summed E-state index contributed by atoms with van der Waals surface area (Å²) in [6.45, 7) is 0. The molecular formula is C14H9BrClNO5. The molecule has 8 heteroatoms. The van der Waals surface area contributed by atoms with Crippen molar-refractivity contribution in [2.75, 3.05) is 7.11 Å². The quantitative estimate of drug-likeness (QED) is 0.340. The van der Waals surface area contributed by atoms with Crippen LogP contribution in [0.4, 0.5) is 5.69 Å². The van der Waals surface area contributed by atoms with E-state index in [2.05, 4.69) is 15.9 Å². The van der Waals surface area contributed by atoms with Crippen molar-refractivity contribution in [2.24, 2.45) is 0 Å². The molecule has 0 heterocycles. The zero-order valence-electron chi connectivity index (χ0n) is 11.2. The molecule has 0 saturated carbocycles. The van der Waals surface area contributed by atoms with Crippen molar-refractivity contribution < 1.29 is 19.2 Å². The summed E-state index contributed by atoms with van der Waals surface area (Å²) in [7, 11) is 1.31. The highest BCUT2D eigenvalue weighted by atomic mass is 79.9. The largest absolute Gasteiger partial charge is 0.490 e. The van der Waals surface area contributed by atoms with Gasteiger partial charge in [-0.3, -0.25) is 10.1 Å². The van der Waals surface area contributed by atoms with Crippen LogP contribution >= 0.6 is 27.5 Å². The Balaban J connectivity index is 2.30. The van der Waals surface area contributed by atoms with E-state index in [4.69, 9.17) is 21.1 Å². The molecule has 0 radical (unpaired) electrons. The standard InChI is InChI=1S/C14H9BrClNO5/c1-21-13-4-2-8(6-11(13)17(19)20)14(18)22-12-5-3-9(15)7-10(12)16/h2-7H,1H3. The normalized spacial score (nSPS) is 10.1. The van der Waals surface area contributed by atoms with Gasteiger partial charge in [-0.2, -0.15) is 0 Å². The maximum Gasteiger partial charge on any atom is 0.343 e. The Bertz CT molecular complexity index is 750. The molecule has 0 atom stereocenters. The molecule has 0 aliphatic heterocycles. The van der Waals surface area contributed by atoms with Gasteiger partial charge in [0.1, 0.15) is 5.75 Å². The number of nitro groups is 1. The minimum atomic E-state index is -0.755. The number of carbonyl (C=O) groups is 1. The Hall–Kier alpha value is -2.12. The fourth-order valence-electron chi connectivity index (χ4n) is 1.68. The van der Waals surface area contributed by atoms with Gasteiger partial charge in [0.25, 0.3) is 0 Å². The molecule has 2 rings (SSSR count). The van der Waals surface area contributed by atoms with Crippen LogP contribution in [-0.2, 0) is 0 Å². The Labute approximate surface area is 138 Å². The molecule has 0 aliphatic carbocycles. The molecule has 0 amide bonds. The number of nitro benzene ring substituents is 1. The second-order valence-corrected chi connectivity index (χ2v) is 5.43. The van der Waals surface area contributed by atoms with Gasteiger partial charge in [0, 0.05) is 10.5 Å². The summed E-state index contributed by atoms with van der Waals surface area (Å²) in [6.07, 6.45) is 0. The monoisotopic (exact) mass is 385 g/mol. The predicted molar refractivity (Wildman–Crippen MR) is 83.8 cm³/mol. The van der Waals surface area contributed by atoms with Crippen molar-refractivity contribution in [1.29, 1.82) is 0 Å². The molecule has 22 heavy (non-hydrogen) atoms. The number of carbonyl (C=O) groups excluding carboxylic acids is 1. The van der Waals surface area contributed by atoms with Gasteiger partial charge in [-0.1, -0.05) is 27.5 Å². The maximum absolute atomic E-state index is 12.1. The highest BCUT2D eigenvalue weighted by Gasteiger charge is 2.19. The van der Waals surface area contributed by atoms with Gasteiger partial charge < -0.3 is 9.47 Å². The minimum Gasteiger partial charge on any atom is -0.490 e. The lowest BCUT2D eigenvalue weighted by Crippen LogP contribution is -2.09. The Morgan fingerprint density at radius 1 is 1.23 bits per heavy atom. The van der Waals surface area contributed by atoms with E-state index in [0.29, 0.717) is 0 Å². The van der Waals surface area contributed by atoms with Crippen molar-refractivity contribution in [3.8, 4) is 11.5 Å². The number of methoxy groups -OCH3 is 1. The van der Waals surface area contributed by atoms with Crippen LogP contribution in [0, 0.1) is 10.1 Å². The lowest BCUT2D eigenvalue weighted by atomic mass is 10.2. The number of hydrogen-bond donors (Lipinski definition) is 0. The van der Waals surface area contributed by atoms with Crippen LogP contribution in [0.3, 0.4) is 0 Å². The lowest BCUT2D eigenvalue weighted by molar-refractivity contribution is -0.385. The van der Waals surface area contributed by atoms with E-state index < -0.39 is 10.9 Å². The van der Waals surface area contributed by atoms with Crippen LogP contribution in [-0.4, -0.2) is 18.0 Å². The average Bonchev–Trinajstić information content (AvgIpc) is 2.49. The van der Waals surface area contributed by atoms with E-state index in [-0.39, 0.29) is 27.8 Å². The van der Waals surface area contributed by atoms with Gasteiger partial charge in [-0.25, -0.2) is 4.79 Å². The first-order chi connectivity index (χ1) is 10.4. The number of halogens is 2. The first-order valence-corrected chi connectivity index (χ1v) is 7.09. The Morgan fingerprint density at radius 2 is 1.91 bits per heavy atom. The number of ether oxygens (including phenoxy) is 2. The molecule has 114 valence electrons. The van der Waals surface area contributed by atoms with Crippen molar-refractivity contribution in [2.45, 2.75) is 0 Å². The molecule has 0 aromatic heterocycles. The van der Waals surface area contributed by atoms with Crippen molar-refractivity contribution in [1.82, 2.24) is 0 Å². The first kappa shape index (κ1) is 16.3. The lowest BCUT2D eigenvalue weighted by Gasteiger charge is -2.07. The summed E-state index contributed by atoms with van der Waals surface area (Å²) in [5, 5.41) is 11.2. The third-order valence-corrected chi connectivity index (χ3v) is 3.50. The zero-order chi connectivity index (χ0) is 16.3. The molecule has 0 unspecified atom stereocenters. The van der Waals surface area contributed by atoms with Gasteiger partial charge in [-0.05, 0) is 30.3 Å². The zero-order valence-corrected chi connectivity index (χ0v) is 13.6. The van der Waals surface area contributed by atoms with Crippen molar-refractivity contribution in [3.05, 3.63) is 61.6 Å². The fourth-order valence-corrected chi connectivity index (χ4v) is 2.39. The number of rotatable bonds is 4. The van der Waals surface area contributed by atoms with Gasteiger partial charge in [0.15, 0.2) is 5.75 Å². The van der Waals surface area contributed by atoms with Gasteiger partial charge in [0.2, 0.25) is 0 Å². The van der Waals surface area contributed by atoms with Crippen LogP contribution in [0.5, 0.6) is 11.5 Å². The fraction of sp³-hybridized carbons (Fsp3) is 0.0714. The van der Waals surface area contributed by atoms with E-state index >= 15 is 0 Å². The van der Waals surface area contributed by atoms with Crippen molar-refractivity contribution in [3.63, 3.8) is 0 Å². The SMILES string of the molecule is COc1ccc(C(=O)Oc2ccc(Br)cc2Cl)cc1[N+](=O)[O-]. The highest BCUT2D eigenvalue weighted by Crippen LogP contribution is 2.30. The summed E-state index contributed by atoms with van der Waals surface area (Å²) < 4.78 is 10.7. The highest BCUT2D eigenvalue weighted by molar-refractivity contribution is 9.10. The van der Waals surface area contributed by atoms with Crippen LogP contribution in [0.25, 0.3) is 0 Å². The molecule has 6 nitrogen and oxygen atoms in total. The number of benzene rings is 2. The van der Waals surface area contributed by atoms with E-state index in [0.717, 1.165) is 10.5 Å². The van der Waals surface area contributed by atoms with Crippen LogP contribution in [0.2, 0.25) is 5.02 Å². The molecule has 0 bridgehead atoms. The van der Waals surface area contributed by atoms with Gasteiger partial charge in [-0.15, -0.1) is 0 Å². The van der Waals surface area contributed by atoms with Crippen LogP contribution in [0.1, 0.15) is 10.4 Å². The molecular weight excluding hydrogens is 378 g/mol. The third-order valence-electron chi connectivity index (χ3n) is 2.71. The molecule has 0 fully saturated rings. The number of nitrogens with zero attached hydrogens (tertiary/aromatic N) is 1. The maximum atomic E-state index is 12.1. The topological polar surface area (TPSA) is 78.7 Å². The van der Waals surface area contributed by atoms with Crippen LogP contribution in [0.15, 0.2) is 40.9 Å². The predicted octanol–water partition coefficient (Wildman–Crippen LogP) is 4.24. The van der Waals surface area contributed by atoms with E-state index in [1.807, 2.05) is 0 Å². The summed E-state index contributed by atoms with van der Waals surface area (Å²) in [6, 6.07) is 8.54. The molecule has 0 spiro atoms. The minimum absolute atomic E-state index is 0.0199. The summed E-state index contributed by atoms with van der Waals surface area (Å²) >= 11 is 9.19. The summed E-state index contributed by atoms with van der Waals surface area (Å²) in [5.74, 6) is -0.536. The molecule has 2 aromatic rings. The molecule has 0 N–H and O–H groups in total. The summed E-state index contributed by atoms with van der Waals surface area (Å²) in [4.78, 5) is 22.4. The number of hydrogen-bond acceptors (Lipinski definition) is 5. The Morgan fingerprint density at radius 3 is 2.50 bits per heavy atom. The van der Waals surface area contributed by atoms with Crippen molar-refractivity contribution >= 4 is 39.2 Å². The third kappa shape index (κ3) is 3.55. The number of esters is 1. The summed E-state index contributed by atoms with van der Waals surface area (Å²) in [5.41, 5.74) is -0.301.